The molecule has 0 saturated carbocycles. The third-order valence-corrected chi connectivity index (χ3v) is 6.23. The van der Waals surface area contributed by atoms with Gasteiger partial charge in [-0.1, -0.05) is 30.3 Å². The number of hydrogen-bond donors (Lipinski definition) is 1. The number of ether oxygens (including phenoxy) is 2. The molecule has 0 spiro atoms. The zero-order valence-corrected chi connectivity index (χ0v) is 18.9. The van der Waals surface area contributed by atoms with Crippen molar-refractivity contribution in [1.82, 2.24) is 4.90 Å². The van der Waals surface area contributed by atoms with E-state index in [9.17, 15) is 15.2 Å². The molecule has 33 heavy (non-hydrogen) atoms. The first-order valence-electron chi connectivity index (χ1n) is 11.0. The van der Waals surface area contributed by atoms with Crippen molar-refractivity contribution in [2.24, 2.45) is 0 Å². The van der Waals surface area contributed by atoms with Gasteiger partial charge in [-0.2, -0.15) is 0 Å². The Morgan fingerprint density at radius 1 is 1.06 bits per heavy atom. The monoisotopic (exact) mass is 448 g/mol. The minimum atomic E-state index is -0.376. The molecule has 7 nitrogen and oxygen atoms in total. The highest BCUT2D eigenvalue weighted by atomic mass is 16.6. The van der Waals surface area contributed by atoms with Gasteiger partial charge in [-0.15, -0.1) is 0 Å². The summed E-state index contributed by atoms with van der Waals surface area (Å²) in [6, 6.07) is 16.4. The summed E-state index contributed by atoms with van der Waals surface area (Å²) in [5.74, 6) is 1.31. The molecule has 0 amide bonds. The van der Waals surface area contributed by atoms with Gasteiger partial charge in [0.15, 0.2) is 11.5 Å². The summed E-state index contributed by atoms with van der Waals surface area (Å²) >= 11 is 0. The predicted molar refractivity (Wildman–Crippen MR) is 127 cm³/mol. The molecule has 0 saturated heterocycles. The molecule has 7 heteroatoms. The van der Waals surface area contributed by atoms with Gasteiger partial charge in [-0.3, -0.25) is 15.0 Å². The fourth-order valence-corrected chi connectivity index (χ4v) is 4.50. The lowest BCUT2D eigenvalue weighted by atomic mass is 9.89. The molecule has 0 bridgehead atoms. The second-order valence-electron chi connectivity index (χ2n) is 8.19. The van der Waals surface area contributed by atoms with Gasteiger partial charge in [0.2, 0.25) is 0 Å². The normalized spacial score (nSPS) is 13.4. The molecule has 1 heterocycles. The second kappa shape index (κ2) is 9.92. The molecule has 0 aliphatic carbocycles. The summed E-state index contributed by atoms with van der Waals surface area (Å²) in [7, 11) is 3.20. The molecular weight excluding hydrogens is 420 g/mol. The van der Waals surface area contributed by atoms with E-state index in [1.165, 1.54) is 5.56 Å². The van der Waals surface area contributed by atoms with E-state index in [-0.39, 0.29) is 16.4 Å². The number of aromatic hydroxyl groups is 1. The largest absolute Gasteiger partial charge is 0.504 e. The van der Waals surface area contributed by atoms with Crippen molar-refractivity contribution in [3.8, 4) is 28.4 Å². The number of aryl methyl sites for hydroxylation is 1. The van der Waals surface area contributed by atoms with Gasteiger partial charge in [0.1, 0.15) is 5.75 Å². The molecule has 3 aromatic carbocycles. The molecule has 172 valence electrons. The minimum Gasteiger partial charge on any atom is -0.504 e. The van der Waals surface area contributed by atoms with Crippen LogP contribution in [0.4, 0.5) is 5.69 Å². The summed E-state index contributed by atoms with van der Waals surface area (Å²) in [5.41, 5.74) is 5.10. The van der Waals surface area contributed by atoms with E-state index in [1.807, 2.05) is 42.5 Å². The number of nitro benzene ring substituents is 1. The number of benzene rings is 3. The zero-order chi connectivity index (χ0) is 23.4. The van der Waals surface area contributed by atoms with E-state index in [1.54, 1.807) is 26.4 Å². The van der Waals surface area contributed by atoms with Gasteiger partial charge in [0, 0.05) is 36.3 Å². The second-order valence-corrected chi connectivity index (χ2v) is 8.19. The maximum Gasteiger partial charge on any atom is 0.269 e. The van der Waals surface area contributed by atoms with Gasteiger partial charge in [-0.05, 0) is 54.6 Å². The first-order chi connectivity index (χ1) is 16.0. The maximum atomic E-state index is 11.0. The number of methoxy groups -OCH3 is 2. The SMILES string of the molecule is COc1ccccc1-c1c(O)c(OC)cc2c1CN(CCCc1ccc([N+](=O)[O-])cc1)CC2. The fraction of sp³-hybridized carbons (Fsp3) is 0.308. The average Bonchev–Trinajstić information content (AvgIpc) is 2.84. The number of para-hydroxylation sites is 1. The van der Waals surface area contributed by atoms with Crippen molar-refractivity contribution in [2.45, 2.75) is 25.8 Å². The number of nitro groups is 1. The fourth-order valence-electron chi connectivity index (χ4n) is 4.50. The molecule has 3 aromatic rings. The van der Waals surface area contributed by atoms with E-state index in [0.717, 1.165) is 61.2 Å². The Hall–Kier alpha value is -3.58. The van der Waals surface area contributed by atoms with Crippen molar-refractivity contribution in [3.05, 3.63) is 81.4 Å². The first kappa shape index (κ1) is 22.6. The summed E-state index contributed by atoms with van der Waals surface area (Å²) in [4.78, 5) is 12.8. The summed E-state index contributed by atoms with van der Waals surface area (Å²) < 4.78 is 11.0. The first-order valence-corrected chi connectivity index (χ1v) is 11.0. The van der Waals surface area contributed by atoms with Crippen molar-refractivity contribution < 1.29 is 19.5 Å². The highest BCUT2D eigenvalue weighted by molar-refractivity contribution is 5.82. The molecule has 0 atom stereocenters. The molecule has 0 aromatic heterocycles. The highest BCUT2D eigenvalue weighted by Gasteiger charge is 2.26. The van der Waals surface area contributed by atoms with E-state index in [0.29, 0.717) is 11.5 Å². The van der Waals surface area contributed by atoms with E-state index in [2.05, 4.69) is 4.90 Å². The molecule has 0 radical (unpaired) electrons. The van der Waals surface area contributed by atoms with Gasteiger partial charge >= 0.3 is 0 Å². The van der Waals surface area contributed by atoms with E-state index >= 15 is 0 Å². The average molecular weight is 449 g/mol. The number of non-ortho nitro benzene ring substituents is 1. The highest BCUT2D eigenvalue weighted by Crippen LogP contribution is 2.46. The van der Waals surface area contributed by atoms with Crippen molar-refractivity contribution in [1.29, 1.82) is 0 Å². The van der Waals surface area contributed by atoms with Crippen LogP contribution in [0.25, 0.3) is 11.1 Å². The Kier molecular flexibility index (Phi) is 6.79. The van der Waals surface area contributed by atoms with Crippen LogP contribution in [0.3, 0.4) is 0 Å². The van der Waals surface area contributed by atoms with Crippen molar-refractivity contribution >= 4 is 5.69 Å². The lowest BCUT2D eigenvalue weighted by Crippen LogP contribution is -2.32. The van der Waals surface area contributed by atoms with Gasteiger partial charge in [0.05, 0.1) is 19.1 Å². The lowest BCUT2D eigenvalue weighted by molar-refractivity contribution is -0.384. The molecular formula is C26H28N2O5. The van der Waals surface area contributed by atoms with Crippen LogP contribution in [0.2, 0.25) is 0 Å². The Morgan fingerprint density at radius 3 is 2.48 bits per heavy atom. The van der Waals surface area contributed by atoms with Gasteiger partial charge in [-0.25, -0.2) is 0 Å². The third-order valence-electron chi connectivity index (χ3n) is 6.23. The number of hydrogen-bond acceptors (Lipinski definition) is 6. The standard InChI is InChI=1S/C26H28N2O5/c1-32-23-8-4-3-7-21(23)25-22-17-27(15-13-19(22)16-24(33-2)26(25)29)14-5-6-18-9-11-20(12-10-18)28(30)31/h3-4,7-12,16,29H,5-6,13-15,17H2,1-2H3. The molecule has 4 rings (SSSR count). The number of fused-ring (bicyclic) bond motifs is 1. The smallest absolute Gasteiger partial charge is 0.269 e. The Balaban J connectivity index is 1.54. The third kappa shape index (κ3) is 4.78. The van der Waals surface area contributed by atoms with Crippen LogP contribution in [0.15, 0.2) is 54.6 Å². The zero-order valence-electron chi connectivity index (χ0n) is 18.9. The number of rotatable bonds is 8. The molecule has 1 aliphatic heterocycles. The van der Waals surface area contributed by atoms with E-state index in [4.69, 9.17) is 9.47 Å². The molecule has 0 unspecified atom stereocenters. The molecule has 0 fully saturated rings. The van der Waals surface area contributed by atoms with Crippen molar-refractivity contribution in [3.63, 3.8) is 0 Å². The summed E-state index contributed by atoms with van der Waals surface area (Å²) in [6.07, 6.45) is 2.67. The quantitative estimate of drug-likeness (QED) is 0.387. The topological polar surface area (TPSA) is 85.1 Å². The number of phenolic OH excluding ortho intramolecular Hbond substituents is 1. The molecule has 1 aliphatic rings. The van der Waals surface area contributed by atoms with E-state index < -0.39 is 0 Å². The van der Waals surface area contributed by atoms with Crippen LogP contribution >= 0.6 is 0 Å². The van der Waals surface area contributed by atoms with Crippen LogP contribution in [-0.2, 0) is 19.4 Å². The number of nitrogens with zero attached hydrogens (tertiary/aromatic N) is 2. The Morgan fingerprint density at radius 2 is 1.79 bits per heavy atom. The van der Waals surface area contributed by atoms with Crippen LogP contribution in [-0.4, -0.2) is 42.2 Å². The van der Waals surface area contributed by atoms with Crippen molar-refractivity contribution in [2.75, 3.05) is 27.3 Å². The van der Waals surface area contributed by atoms with Crippen LogP contribution in [0.5, 0.6) is 17.2 Å². The summed E-state index contributed by atoms with van der Waals surface area (Å²) in [6.45, 7) is 2.54. The van der Waals surface area contributed by atoms with Gasteiger partial charge in [0.25, 0.3) is 5.69 Å². The Bertz CT molecular complexity index is 1140. The maximum absolute atomic E-state index is 11.0. The lowest BCUT2D eigenvalue weighted by Gasteiger charge is -2.31. The molecule has 1 N–H and O–H groups in total. The minimum absolute atomic E-state index is 0.116. The predicted octanol–water partition coefficient (Wildman–Crippen LogP) is 4.98. The van der Waals surface area contributed by atoms with Crippen LogP contribution in [0, 0.1) is 10.1 Å². The number of phenols is 1. The van der Waals surface area contributed by atoms with Gasteiger partial charge < -0.3 is 14.6 Å². The van der Waals surface area contributed by atoms with Crippen LogP contribution in [0.1, 0.15) is 23.1 Å². The van der Waals surface area contributed by atoms with Crippen LogP contribution < -0.4 is 9.47 Å². The summed E-state index contributed by atoms with van der Waals surface area (Å²) in [5, 5.41) is 21.9. The Labute approximate surface area is 193 Å².